The second-order valence-electron chi connectivity index (χ2n) is 3.61. The maximum Gasteiger partial charge on any atom is 0.127 e. The summed E-state index contributed by atoms with van der Waals surface area (Å²) in [6.45, 7) is 0.0401. The Morgan fingerprint density at radius 3 is 2.65 bits per heavy atom. The van der Waals surface area contributed by atoms with Gasteiger partial charge in [0, 0.05) is 23.6 Å². The van der Waals surface area contributed by atoms with Gasteiger partial charge in [-0.25, -0.2) is 0 Å². The van der Waals surface area contributed by atoms with Crippen molar-refractivity contribution in [1.82, 2.24) is 5.16 Å². The maximum absolute atomic E-state index is 8.92. The second kappa shape index (κ2) is 5.54. The van der Waals surface area contributed by atoms with Crippen LogP contribution in [0.25, 0.3) is 0 Å². The molecule has 2 aromatic rings. The molecule has 17 heavy (non-hydrogen) atoms. The van der Waals surface area contributed by atoms with Crippen molar-refractivity contribution < 1.29 is 9.63 Å². The predicted molar refractivity (Wildman–Crippen MR) is 66.4 cm³/mol. The zero-order valence-corrected chi connectivity index (χ0v) is 10.4. The van der Waals surface area contributed by atoms with Crippen molar-refractivity contribution in [3.63, 3.8) is 0 Å². The van der Waals surface area contributed by atoms with E-state index in [1.54, 1.807) is 12.1 Å². The van der Waals surface area contributed by atoms with E-state index in [0.29, 0.717) is 17.1 Å². The van der Waals surface area contributed by atoms with E-state index < -0.39 is 5.38 Å². The number of aliphatic hydroxyl groups excluding tert-OH is 1. The van der Waals surface area contributed by atoms with Gasteiger partial charge in [-0.1, -0.05) is 28.9 Å². The van der Waals surface area contributed by atoms with Crippen LogP contribution in [0.3, 0.4) is 0 Å². The van der Waals surface area contributed by atoms with Gasteiger partial charge in [-0.3, -0.25) is 0 Å². The first kappa shape index (κ1) is 12.4. The number of hydrogen-bond donors (Lipinski definition) is 1. The van der Waals surface area contributed by atoms with E-state index in [9.17, 15) is 0 Å². The van der Waals surface area contributed by atoms with Crippen molar-refractivity contribution in [2.45, 2.75) is 11.8 Å². The molecule has 1 N–H and O–H groups in total. The van der Waals surface area contributed by atoms with E-state index in [4.69, 9.17) is 32.8 Å². The zero-order valence-electron chi connectivity index (χ0n) is 8.94. The lowest BCUT2D eigenvalue weighted by Gasteiger charge is -2.08. The molecule has 0 amide bonds. The highest BCUT2D eigenvalue weighted by molar-refractivity contribution is 6.30. The highest BCUT2D eigenvalue weighted by atomic mass is 35.5. The van der Waals surface area contributed by atoms with E-state index in [-0.39, 0.29) is 6.61 Å². The summed E-state index contributed by atoms with van der Waals surface area (Å²) in [5.41, 5.74) is 2.36. The summed E-state index contributed by atoms with van der Waals surface area (Å²) >= 11 is 12.1. The molecule has 0 fully saturated rings. The fourth-order valence-corrected chi connectivity index (χ4v) is 2.02. The van der Waals surface area contributed by atoms with Crippen molar-refractivity contribution in [3.8, 4) is 0 Å². The van der Waals surface area contributed by atoms with Gasteiger partial charge in [0.25, 0.3) is 0 Å². The number of nitrogens with zero attached hydrogens (tertiary/aromatic N) is 1. The number of halogens is 2. The van der Waals surface area contributed by atoms with Gasteiger partial charge < -0.3 is 9.63 Å². The van der Waals surface area contributed by atoms with E-state index in [0.717, 1.165) is 11.1 Å². The molecule has 90 valence electrons. The van der Waals surface area contributed by atoms with E-state index in [1.807, 2.05) is 12.1 Å². The monoisotopic (exact) mass is 271 g/mol. The summed E-state index contributed by atoms with van der Waals surface area (Å²) in [6, 6.07) is 7.24. The molecule has 0 aliphatic carbocycles. The van der Waals surface area contributed by atoms with E-state index in [2.05, 4.69) is 5.16 Å². The molecule has 0 aliphatic heterocycles. The highest BCUT2D eigenvalue weighted by Crippen LogP contribution is 2.30. The van der Waals surface area contributed by atoms with Crippen molar-refractivity contribution in [2.24, 2.45) is 0 Å². The number of aliphatic hydroxyl groups is 1. The van der Waals surface area contributed by atoms with Gasteiger partial charge in [0.1, 0.15) is 17.3 Å². The molecule has 3 nitrogen and oxygen atoms in total. The van der Waals surface area contributed by atoms with Crippen LogP contribution in [0.1, 0.15) is 22.2 Å². The van der Waals surface area contributed by atoms with Crippen molar-refractivity contribution in [3.05, 3.63) is 52.4 Å². The van der Waals surface area contributed by atoms with Crippen LogP contribution >= 0.6 is 23.2 Å². The third-order valence-corrected chi connectivity index (χ3v) is 3.17. The molecule has 0 aliphatic rings. The molecular weight excluding hydrogens is 261 g/mol. The quantitative estimate of drug-likeness (QED) is 0.869. The van der Waals surface area contributed by atoms with Crippen molar-refractivity contribution in [2.75, 3.05) is 6.61 Å². The highest BCUT2D eigenvalue weighted by Gasteiger charge is 2.18. The van der Waals surface area contributed by atoms with Crippen LogP contribution in [0.4, 0.5) is 0 Å². The van der Waals surface area contributed by atoms with Crippen LogP contribution in [0.5, 0.6) is 0 Å². The average Bonchev–Trinajstić information content (AvgIpc) is 2.78. The lowest BCUT2D eigenvalue weighted by atomic mass is 10.1. The molecule has 0 spiro atoms. The molecule has 1 atom stereocenters. The number of alkyl halides is 1. The Morgan fingerprint density at radius 1 is 1.29 bits per heavy atom. The van der Waals surface area contributed by atoms with Crippen LogP contribution in [-0.4, -0.2) is 16.9 Å². The average molecular weight is 272 g/mol. The molecule has 1 aromatic carbocycles. The Labute approximate surface area is 109 Å². The maximum atomic E-state index is 8.92. The smallest absolute Gasteiger partial charge is 0.127 e. The second-order valence-corrected chi connectivity index (χ2v) is 4.49. The molecule has 2 rings (SSSR count). The number of aromatic nitrogens is 1. The van der Waals surface area contributed by atoms with Gasteiger partial charge in [0.15, 0.2) is 0 Å². The Morgan fingerprint density at radius 2 is 2.00 bits per heavy atom. The molecule has 0 bridgehead atoms. The third kappa shape index (κ3) is 2.80. The summed E-state index contributed by atoms with van der Waals surface area (Å²) in [5, 5.41) is 13.1. The van der Waals surface area contributed by atoms with Crippen LogP contribution in [0, 0.1) is 0 Å². The molecule has 1 unspecified atom stereocenters. The van der Waals surface area contributed by atoms with Crippen LogP contribution in [0.2, 0.25) is 5.02 Å². The Hall–Kier alpha value is -1.03. The van der Waals surface area contributed by atoms with Crippen LogP contribution < -0.4 is 0 Å². The fourth-order valence-electron chi connectivity index (χ4n) is 1.57. The first-order valence-corrected chi connectivity index (χ1v) is 5.97. The first-order chi connectivity index (χ1) is 8.22. The summed E-state index contributed by atoms with van der Waals surface area (Å²) in [4.78, 5) is 0. The molecule has 5 heteroatoms. The topological polar surface area (TPSA) is 46.3 Å². The minimum Gasteiger partial charge on any atom is -0.396 e. The van der Waals surface area contributed by atoms with Gasteiger partial charge >= 0.3 is 0 Å². The summed E-state index contributed by atoms with van der Waals surface area (Å²) in [6.07, 6.45) is 1.99. The molecule has 1 aromatic heterocycles. The summed E-state index contributed by atoms with van der Waals surface area (Å²) in [7, 11) is 0. The molecule has 0 radical (unpaired) electrons. The molecule has 0 saturated heterocycles. The van der Waals surface area contributed by atoms with Crippen molar-refractivity contribution >= 4 is 23.2 Å². The molecular formula is C12H11Cl2NO2. The Kier molecular flexibility index (Phi) is 4.05. The Balaban J connectivity index is 2.26. The molecule has 0 saturated carbocycles. The number of hydrogen-bond acceptors (Lipinski definition) is 3. The number of rotatable bonds is 4. The lowest BCUT2D eigenvalue weighted by Crippen LogP contribution is -1.99. The van der Waals surface area contributed by atoms with Crippen LogP contribution in [-0.2, 0) is 6.42 Å². The van der Waals surface area contributed by atoms with Gasteiger partial charge in [-0.05, 0) is 17.7 Å². The largest absolute Gasteiger partial charge is 0.396 e. The number of benzene rings is 1. The van der Waals surface area contributed by atoms with E-state index >= 15 is 0 Å². The first-order valence-electron chi connectivity index (χ1n) is 5.16. The minimum atomic E-state index is -0.396. The van der Waals surface area contributed by atoms with Gasteiger partial charge in [-0.2, -0.15) is 0 Å². The standard InChI is InChI=1S/C12H11Cl2NO2/c13-10-3-1-8(2-4-10)11(14)12-9(5-6-16)7-17-15-12/h1-4,7,11,16H,5-6H2. The molecule has 1 heterocycles. The van der Waals surface area contributed by atoms with Gasteiger partial charge in [0.05, 0.1) is 0 Å². The van der Waals surface area contributed by atoms with Gasteiger partial charge in [-0.15, -0.1) is 11.6 Å². The fraction of sp³-hybridized carbons (Fsp3) is 0.250. The Bertz CT molecular complexity index is 482. The SMILES string of the molecule is OCCc1conc1C(Cl)c1ccc(Cl)cc1. The van der Waals surface area contributed by atoms with Crippen LogP contribution in [0.15, 0.2) is 35.1 Å². The van der Waals surface area contributed by atoms with E-state index in [1.165, 1.54) is 6.26 Å². The third-order valence-electron chi connectivity index (χ3n) is 2.46. The predicted octanol–water partition coefficient (Wildman–Crippen LogP) is 3.19. The zero-order chi connectivity index (χ0) is 12.3. The summed E-state index contributed by atoms with van der Waals surface area (Å²) in [5.74, 6) is 0. The van der Waals surface area contributed by atoms with Crippen molar-refractivity contribution in [1.29, 1.82) is 0 Å². The van der Waals surface area contributed by atoms with Gasteiger partial charge in [0.2, 0.25) is 0 Å². The minimum absolute atomic E-state index is 0.0401. The lowest BCUT2D eigenvalue weighted by molar-refractivity contribution is 0.299. The summed E-state index contributed by atoms with van der Waals surface area (Å²) < 4.78 is 4.89. The normalized spacial score (nSPS) is 12.6.